The second-order valence-electron chi connectivity index (χ2n) is 3.23. The Kier molecular flexibility index (Phi) is 3.24. The van der Waals surface area contributed by atoms with Crippen molar-refractivity contribution in [2.75, 3.05) is 0 Å². The molecule has 72 valence electrons. The predicted molar refractivity (Wildman–Crippen MR) is 51.8 cm³/mol. The van der Waals surface area contributed by atoms with Gasteiger partial charge >= 0.3 is 5.97 Å². The van der Waals surface area contributed by atoms with Crippen molar-refractivity contribution in [1.82, 2.24) is 0 Å². The van der Waals surface area contributed by atoms with E-state index < -0.39 is 5.97 Å². The van der Waals surface area contributed by atoms with E-state index in [0.29, 0.717) is 5.56 Å². The standard InChI is InChI=1S/C11H11NO2/c1-8(6-11(13)14)10-4-2-9(7-12)3-5-10/h2-5,8H,6H2,1H3,(H,13,14)/t8-/m1/s1. The Hall–Kier alpha value is -1.82. The molecule has 0 radical (unpaired) electrons. The quantitative estimate of drug-likeness (QED) is 0.792. The second kappa shape index (κ2) is 4.43. The third-order valence-electron chi connectivity index (χ3n) is 2.09. The fourth-order valence-corrected chi connectivity index (χ4v) is 1.27. The molecular weight excluding hydrogens is 178 g/mol. The van der Waals surface area contributed by atoms with E-state index in [4.69, 9.17) is 10.4 Å². The first kappa shape index (κ1) is 10.3. The number of hydrogen-bond donors (Lipinski definition) is 1. The van der Waals surface area contributed by atoms with Crippen LogP contribution in [0.2, 0.25) is 0 Å². The minimum absolute atomic E-state index is 0.0137. The van der Waals surface area contributed by atoms with Gasteiger partial charge in [0.25, 0.3) is 0 Å². The molecule has 0 unspecified atom stereocenters. The zero-order valence-electron chi connectivity index (χ0n) is 7.90. The summed E-state index contributed by atoms with van der Waals surface area (Å²) in [5.74, 6) is -0.817. The summed E-state index contributed by atoms with van der Waals surface area (Å²) in [6, 6.07) is 9.02. The first-order valence-electron chi connectivity index (χ1n) is 4.35. The Morgan fingerprint density at radius 1 is 1.50 bits per heavy atom. The van der Waals surface area contributed by atoms with Crippen LogP contribution in [0.15, 0.2) is 24.3 Å². The maximum atomic E-state index is 10.5. The zero-order chi connectivity index (χ0) is 10.6. The lowest BCUT2D eigenvalue weighted by molar-refractivity contribution is -0.137. The van der Waals surface area contributed by atoms with E-state index >= 15 is 0 Å². The van der Waals surface area contributed by atoms with E-state index in [1.54, 1.807) is 24.3 Å². The maximum absolute atomic E-state index is 10.5. The molecule has 0 bridgehead atoms. The molecule has 0 spiro atoms. The molecule has 0 saturated heterocycles. The predicted octanol–water partition coefficient (Wildman–Crippen LogP) is 2.14. The smallest absolute Gasteiger partial charge is 0.303 e. The molecule has 1 rings (SSSR count). The molecule has 1 N–H and O–H groups in total. The van der Waals surface area contributed by atoms with Crippen LogP contribution in [0.3, 0.4) is 0 Å². The molecule has 1 aromatic rings. The van der Waals surface area contributed by atoms with Crippen molar-refractivity contribution in [3.63, 3.8) is 0 Å². The lowest BCUT2D eigenvalue weighted by Crippen LogP contribution is -2.02. The van der Waals surface area contributed by atoms with Gasteiger partial charge in [0, 0.05) is 0 Å². The Labute approximate surface area is 82.6 Å². The van der Waals surface area contributed by atoms with Gasteiger partial charge in [-0.2, -0.15) is 5.26 Å². The molecule has 0 aromatic heterocycles. The number of carboxylic acid groups (broad SMARTS) is 1. The van der Waals surface area contributed by atoms with E-state index in [2.05, 4.69) is 0 Å². The summed E-state index contributed by atoms with van der Waals surface area (Å²) in [5, 5.41) is 17.2. The van der Waals surface area contributed by atoms with Crippen LogP contribution in [-0.4, -0.2) is 11.1 Å². The van der Waals surface area contributed by atoms with Gasteiger partial charge in [-0.1, -0.05) is 19.1 Å². The van der Waals surface area contributed by atoms with Crippen molar-refractivity contribution in [1.29, 1.82) is 5.26 Å². The van der Waals surface area contributed by atoms with Crippen LogP contribution in [-0.2, 0) is 4.79 Å². The van der Waals surface area contributed by atoms with Crippen LogP contribution in [0, 0.1) is 11.3 Å². The molecule has 0 aliphatic heterocycles. The summed E-state index contributed by atoms with van der Waals surface area (Å²) >= 11 is 0. The molecule has 14 heavy (non-hydrogen) atoms. The molecule has 3 heteroatoms. The van der Waals surface area contributed by atoms with Gasteiger partial charge in [0.1, 0.15) is 0 Å². The topological polar surface area (TPSA) is 61.1 Å². The monoisotopic (exact) mass is 189 g/mol. The van der Waals surface area contributed by atoms with Gasteiger partial charge in [0.2, 0.25) is 0 Å². The van der Waals surface area contributed by atoms with Gasteiger partial charge < -0.3 is 5.11 Å². The third kappa shape index (κ3) is 2.60. The fraction of sp³-hybridized carbons (Fsp3) is 0.273. The summed E-state index contributed by atoms with van der Waals surface area (Å²) in [5.41, 5.74) is 1.54. The highest BCUT2D eigenvalue weighted by Crippen LogP contribution is 2.18. The number of rotatable bonds is 3. The molecule has 0 heterocycles. The minimum Gasteiger partial charge on any atom is -0.481 e. The summed E-state index contributed by atoms with van der Waals surface area (Å²) in [7, 11) is 0. The number of nitrogens with zero attached hydrogens (tertiary/aromatic N) is 1. The highest BCUT2D eigenvalue weighted by atomic mass is 16.4. The van der Waals surface area contributed by atoms with Crippen molar-refractivity contribution in [2.45, 2.75) is 19.3 Å². The van der Waals surface area contributed by atoms with E-state index in [-0.39, 0.29) is 12.3 Å². The van der Waals surface area contributed by atoms with E-state index in [9.17, 15) is 4.79 Å². The maximum Gasteiger partial charge on any atom is 0.303 e. The fourth-order valence-electron chi connectivity index (χ4n) is 1.27. The van der Waals surface area contributed by atoms with Gasteiger partial charge in [-0.05, 0) is 23.6 Å². The number of aliphatic carboxylic acids is 1. The lowest BCUT2D eigenvalue weighted by atomic mass is 9.97. The van der Waals surface area contributed by atoms with Crippen molar-refractivity contribution < 1.29 is 9.90 Å². The number of benzene rings is 1. The highest BCUT2D eigenvalue weighted by molar-refractivity contribution is 5.67. The average molecular weight is 189 g/mol. The van der Waals surface area contributed by atoms with Gasteiger partial charge in [-0.15, -0.1) is 0 Å². The van der Waals surface area contributed by atoms with E-state index in [1.807, 2.05) is 13.0 Å². The van der Waals surface area contributed by atoms with Crippen LogP contribution in [0.5, 0.6) is 0 Å². The largest absolute Gasteiger partial charge is 0.481 e. The number of nitriles is 1. The zero-order valence-corrected chi connectivity index (χ0v) is 7.90. The van der Waals surface area contributed by atoms with Crippen LogP contribution < -0.4 is 0 Å². The Morgan fingerprint density at radius 3 is 2.50 bits per heavy atom. The first-order valence-corrected chi connectivity index (χ1v) is 4.35. The van der Waals surface area contributed by atoms with Crippen LogP contribution in [0.25, 0.3) is 0 Å². The number of carbonyl (C=O) groups is 1. The minimum atomic E-state index is -0.804. The Balaban J connectivity index is 2.77. The van der Waals surface area contributed by atoms with Gasteiger partial charge in [0.05, 0.1) is 18.1 Å². The van der Waals surface area contributed by atoms with Crippen molar-refractivity contribution in [2.24, 2.45) is 0 Å². The lowest BCUT2D eigenvalue weighted by Gasteiger charge is -2.08. The molecule has 0 aliphatic rings. The Bertz CT molecular complexity index is 362. The molecular formula is C11H11NO2. The van der Waals surface area contributed by atoms with Crippen molar-refractivity contribution in [3.05, 3.63) is 35.4 Å². The molecule has 0 saturated carbocycles. The molecule has 0 fully saturated rings. The summed E-state index contributed by atoms with van der Waals surface area (Å²) in [6.45, 7) is 1.86. The number of hydrogen-bond acceptors (Lipinski definition) is 2. The highest BCUT2D eigenvalue weighted by Gasteiger charge is 2.09. The summed E-state index contributed by atoms with van der Waals surface area (Å²) in [6.07, 6.45) is 0.117. The van der Waals surface area contributed by atoms with Gasteiger partial charge in [0.15, 0.2) is 0 Å². The van der Waals surface area contributed by atoms with Crippen molar-refractivity contribution >= 4 is 5.97 Å². The molecule has 3 nitrogen and oxygen atoms in total. The SMILES string of the molecule is C[C@H](CC(=O)O)c1ccc(C#N)cc1. The third-order valence-corrected chi connectivity index (χ3v) is 2.09. The van der Waals surface area contributed by atoms with Gasteiger partial charge in [-0.25, -0.2) is 0 Å². The average Bonchev–Trinajstić information content (AvgIpc) is 2.17. The van der Waals surface area contributed by atoms with E-state index in [0.717, 1.165) is 5.56 Å². The molecule has 0 amide bonds. The van der Waals surface area contributed by atoms with Crippen molar-refractivity contribution in [3.8, 4) is 6.07 Å². The normalized spacial score (nSPS) is 11.7. The molecule has 0 aliphatic carbocycles. The molecule has 1 atom stereocenters. The van der Waals surface area contributed by atoms with Crippen LogP contribution in [0.1, 0.15) is 30.4 Å². The van der Waals surface area contributed by atoms with Crippen LogP contribution >= 0.6 is 0 Å². The molecule has 1 aromatic carbocycles. The first-order chi connectivity index (χ1) is 6.63. The van der Waals surface area contributed by atoms with Gasteiger partial charge in [-0.3, -0.25) is 4.79 Å². The Morgan fingerprint density at radius 2 is 2.07 bits per heavy atom. The summed E-state index contributed by atoms with van der Waals surface area (Å²) < 4.78 is 0. The van der Waals surface area contributed by atoms with E-state index in [1.165, 1.54) is 0 Å². The second-order valence-corrected chi connectivity index (χ2v) is 3.23. The number of carboxylic acids is 1. The summed E-state index contributed by atoms with van der Waals surface area (Å²) in [4.78, 5) is 10.5. The van der Waals surface area contributed by atoms with Crippen LogP contribution in [0.4, 0.5) is 0 Å².